The van der Waals surface area contributed by atoms with Gasteiger partial charge in [-0.25, -0.2) is 9.38 Å². The van der Waals surface area contributed by atoms with Crippen LogP contribution >= 0.6 is 11.6 Å². The average Bonchev–Trinajstić information content (AvgIpc) is 2.73. The molecule has 1 aliphatic carbocycles. The minimum atomic E-state index is -0.311. The van der Waals surface area contributed by atoms with E-state index in [9.17, 15) is 4.39 Å². The van der Waals surface area contributed by atoms with Crippen LogP contribution in [-0.2, 0) is 6.61 Å². The lowest BCUT2D eigenvalue weighted by molar-refractivity contribution is 0.306. The normalized spacial score (nSPS) is 16.6. The quantitative estimate of drug-likeness (QED) is 0.439. The van der Waals surface area contributed by atoms with Crippen molar-refractivity contribution in [1.82, 2.24) is 0 Å². The molecule has 8 heteroatoms. The molecule has 0 unspecified atom stereocenters. The third kappa shape index (κ3) is 4.35. The molecule has 0 saturated heterocycles. The van der Waals surface area contributed by atoms with Gasteiger partial charge in [0.25, 0.3) is 0 Å². The highest BCUT2D eigenvalue weighted by Gasteiger charge is 2.20. The largest absolute Gasteiger partial charge is 0.487 e. The minimum Gasteiger partial charge on any atom is -0.487 e. The van der Waals surface area contributed by atoms with Crippen molar-refractivity contribution in [2.24, 2.45) is 15.1 Å². The maximum Gasteiger partial charge on any atom is 0.138 e. The molecule has 0 fully saturated rings. The molecule has 2 aromatic carbocycles. The molecule has 29 heavy (non-hydrogen) atoms. The summed E-state index contributed by atoms with van der Waals surface area (Å²) in [5.41, 5.74) is 3.33. The molecular weight excluding hydrogens is 395 g/mol. The SMILES string of the molecule is O/N=C1\C=CC2=NCN=C(Nc3ccc(OCc4cccc(F)c4)c(Cl)c3)C2=C1. The predicted molar refractivity (Wildman–Crippen MR) is 112 cm³/mol. The van der Waals surface area contributed by atoms with E-state index >= 15 is 0 Å². The van der Waals surface area contributed by atoms with Crippen LogP contribution in [0.1, 0.15) is 5.56 Å². The molecule has 2 aromatic rings. The summed E-state index contributed by atoms with van der Waals surface area (Å²) in [4.78, 5) is 8.71. The summed E-state index contributed by atoms with van der Waals surface area (Å²) in [7, 11) is 0. The fourth-order valence-corrected chi connectivity index (χ4v) is 3.14. The van der Waals surface area contributed by atoms with Crippen LogP contribution in [0.4, 0.5) is 10.1 Å². The molecule has 146 valence electrons. The van der Waals surface area contributed by atoms with E-state index in [1.165, 1.54) is 12.1 Å². The summed E-state index contributed by atoms with van der Waals surface area (Å²) in [6.45, 7) is 0.507. The van der Waals surface area contributed by atoms with Crippen molar-refractivity contribution >= 4 is 34.5 Å². The van der Waals surface area contributed by atoms with Crippen LogP contribution in [0, 0.1) is 5.82 Å². The van der Waals surface area contributed by atoms with E-state index in [1.54, 1.807) is 48.6 Å². The number of anilines is 1. The van der Waals surface area contributed by atoms with E-state index in [2.05, 4.69) is 20.5 Å². The number of allylic oxidation sites excluding steroid dienone is 3. The van der Waals surface area contributed by atoms with Crippen LogP contribution in [-0.4, -0.2) is 29.1 Å². The Kier molecular flexibility index (Phi) is 5.39. The van der Waals surface area contributed by atoms with Gasteiger partial charge in [-0.1, -0.05) is 28.9 Å². The maximum absolute atomic E-state index is 13.3. The Labute approximate surface area is 171 Å². The van der Waals surface area contributed by atoms with E-state index in [0.29, 0.717) is 40.2 Å². The second kappa shape index (κ2) is 8.28. The number of hydrogen-bond acceptors (Lipinski definition) is 6. The van der Waals surface area contributed by atoms with E-state index in [4.69, 9.17) is 21.5 Å². The summed E-state index contributed by atoms with van der Waals surface area (Å²) in [6, 6.07) is 11.5. The molecule has 0 atom stereocenters. The summed E-state index contributed by atoms with van der Waals surface area (Å²) < 4.78 is 19.0. The second-order valence-corrected chi connectivity index (χ2v) is 6.70. The van der Waals surface area contributed by atoms with E-state index in [1.807, 2.05) is 0 Å². The van der Waals surface area contributed by atoms with Crippen LogP contribution in [0.5, 0.6) is 5.75 Å². The van der Waals surface area contributed by atoms with Gasteiger partial charge in [-0.15, -0.1) is 0 Å². The van der Waals surface area contributed by atoms with Crippen LogP contribution in [0.15, 0.2) is 81.4 Å². The molecule has 4 rings (SSSR count). The van der Waals surface area contributed by atoms with Gasteiger partial charge in [0.15, 0.2) is 0 Å². The number of rotatable bonds is 4. The standard InChI is InChI=1S/C21H16ClFN4O2/c22-18-10-15(5-7-20(18)29-11-13-2-1-3-14(23)8-13)26-21-17-9-16(27-28)4-6-19(17)24-12-25-21/h1-10,28H,11-12H2,(H,25,26)/b27-16+. The van der Waals surface area contributed by atoms with Gasteiger partial charge >= 0.3 is 0 Å². The fraction of sp³-hybridized carbons (Fsp3) is 0.0952. The Morgan fingerprint density at radius 3 is 2.86 bits per heavy atom. The highest BCUT2D eigenvalue weighted by atomic mass is 35.5. The first-order chi connectivity index (χ1) is 14.1. The van der Waals surface area contributed by atoms with E-state index in [-0.39, 0.29) is 12.4 Å². The topological polar surface area (TPSA) is 78.6 Å². The Hall–Kier alpha value is -3.45. The first-order valence-electron chi connectivity index (χ1n) is 8.78. The average molecular weight is 411 g/mol. The number of benzene rings is 2. The number of ether oxygens (including phenoxy) is 1. The van der Waals surface area contributed by atoms with Crippen LogP contribution in [0.3, 0.4) is 0 Å². The number of fused-ring (bicyclic) bond motifs is 1. The lowest BCUT2D eigenvalue weighted by Crippen LogP contribution is -2.26. The van der Waals surface area contributed by atoms with Gasteiger partial charge < -0.3 is 15.3 Å². The van der Waals surface area contributed by atoms with Gasteiger partial charge in [-0.2, -0.15) is 0 Å². The molecule has 0 aromatic heterocycles. The molecule has 2 N–H and O–H groups in total. The maximum atomic E-state index is 13.3. The molecule has 0 spiro atoms. The summed E-state index contributed by atoms with van der Waals surface area (Å²) >= 11 is 6.35. The van der Waals surface area contributed by atoms with Crippen molar-refractivity contribution in [3.8, 4) is 5.75 Å². The summed E-state index contributed by atoms with van der Waals surface area (Å²) in [5, 5.41) is 15.8. The fourth-order valence-electron chi connectivity index (χ4n) is 2.91. The number of halogens is 2. The molecule has 0 saturated carbocycles. The molecule has 0 amide bonds. The Morgan fingerprint density at radius 2 is 2.07 bits per heavy atom. The van der Waals surface area contributed by atoms with Crippen molar-refractivity contribution in [3.63, 3.8) is 0 Å². The van der Waals surface area contributed by atoms with Crippen LogP contribution in [0.2, 0.25) is 5.02 Å². The first-order valence-corrected chi connectivity index (χ1v) is 9.15. The molecule has 0 radical (unpaired) electrons. The van der Waals surface area contributed by atoms with Gasteiger partial charge in [-0.3, -0.25) is 4.99 Å². The highest BCUT2D eigenvalue weighted by Crippen LogP contribution is 2.29. The van der Waals surface area contributed by atoms with Crippen molar-refractivity contribution < 1.29 is 14.3 Å². The van der Waals surface area contributed by atoms with Gasteiger partial charge in [-0.05, 0) is 54.1 Å². The second-order valence-electron chi connectivity index (χ2n) is 6.30. The number of aliphatic imine (C=N–C) groups is 2. The number of hydrogen-bond donors (Lipinski definition) is 2. The van der Waals surface area contributed by atoms with Gasteiger partial charge in [0.05, 0.1) is 10.7 Å². The van der Waals surface area contributed by atoms with Crippen molar-refractivity contribution in [2.45, 2.75) is 6.61 Å². The lowest BCUT2D eigenvalue weighted by Gasteiger charge is -2.19. The number of nitrogens with one attached hydrogen (secondary N) is 1. The third-order valence-corrected chi connectivity index (χ3v) is 4.59. The summed E-state index contributed by atoms with van der Waals surface area (Å²) in [5.74, 6) is 0.781. The molecule has 1 heterocycles. The minimum absolute atomic E-state index is 0.208. The number of oxime groups is 1. The Morgan fingerprint density at radius 1 is 1.17 bits per heavy atom. The lowest BCUT2D eigenvalue weighted by atomic mass is 10.0. The molecular formula is C21H16ClFN4O2. The highest BCUT2D eigenvalue weighted by molar-refractivity contribution is 6.37. The van der Waals surface area contributed by atoms with Crippen molar-refractivity contribution in [1.29, 1.82) is 0 Å². The van der Waals surface area contributed by atoms with E-state index in [0.717, 1.165) is 11.3 Å². The Balaban J connectivity index is 1.47. The van der Waals surface area contributed by atoms with Crippen molar-refractivity contribution in [2.75, 3.05) is 12.0 Å². The predicted octanol–water partition coefficient (Wildman–Crippen LogP) is 4.61. The summed E-state index contributed by atoms with van der Waals surface area (Å²) in [6.07, 6.45) is 5.14. The number of amidine groups is 1. The van der Waals surface area contributed by atoms with Crippen LogP contribution < -0.4 is 10.1 Å². The van der Waals surface area contributed by atoms with Gasteiger partial charge in [0.1, 0.15) is 36.4 Å². The number of nitrogens with zero attached hydrogens (tertiary/aromatic N) is 3. The van der Waals surface area contributed by atoms with Gasteiger partial charge in [0, 0.05) is 11.3 Å². The first kappa shape index (κ1) is 18.9. The monoisotopic (exact) mass is 410 g/mol. The van der Waals surface area contributed by atoms with E-state index < -0.39 is 0 Å². The zero-order valence-corrected chi connectivity index (χ0v) is 15.9. The Bertz CT molecular complexity index is 1110. The smallest absolute Gasteiger partial charge is 0.138 e. The third-order valence-electron chi connectivity index (χ3n) is 4.30. The zero-order chi connectivity index (χ0) is 20.2. The zero-order valence-electron chi connectivity index (χ0n) is 15.1. The molecule has 0 bridgehead atoms. The van der Waals surface area contributed by atoms with Crippen molar-refractivity contribution in [3.05, 3.63) is 82.7 Å². The van der Waals surface area contributed by atoms with Gasteiger partial charge in [0.2, 0.25) is 0 Å². The molecule has 6 nitrogen and oxygen atoms in total. The van der Waals surface area contributed by atoms with Crippen LogP contribution in [0.25, 0.3) is 0 Å². The molecule has 1 aliphatic heterocycles. The molecule has 2 aliphatic rings.